The SMILES string of the molecule is COC(=O)C1CCC(c2nc(C3(CN[C@@H]4C[C@H]4c4ccccc4)CC3)no2)CC1. The highest BCUT2D eigenvalue weighted by molar-refractivity contribution is 5.72. The lowest BCUT2D eigenvalue weighted by Gasteiger charge is -2.24. The molecule has 6 nitrogen and oxygen atoms in total. The predicted octanol–water partition coefficient (Wildman–Crippen LogP) is 3.69. The molecule has 0 bridgehead atoms. The van der Waals surface area contributed by atoms with Crippen LogP contribution >= 0.6 is 0 Å². The van der Waals surface area contributed by atoms with E-state index in [4.69, 9.17) is 14.2 Å². The van der Waals surface area contributed by atoms with E-state index in [1.807, 2.05) is 0 Å². The molecular formula is C23H29N3O3. The van der Waals surface area contributed by atoms with Gasteiger partial charge in [-0.15, -0.1) is 0 Å². The van der Waals surface area contributed by atoms with E-state index in [1.54, 1.807) is 0 Å². The molecule has 3 fully saturated rings. The number of carbonyl (C=O) groups excluding carboxylic acids is 1. The van der Waals surface area contributed by atoms with Crippen molar-refractivity contribution < 1.29 is 14.1 Å². The maximum absolute atomic E-state index is 11.7. The number of rotatable bonds is 7. The molecule has 29 heavy (non-hydrogen) atoms. The third-order valence-corrected chi connectivity index (χ3v) is 7.10. The summed E-state index contributed by atoms with van der Waals surface area (Å²) in [5.74, 6) is 2.46. The highest BCUT2D eigenvalue weighted by Gasteiger charge is 2.50. The summed E-state index contributed by atoms with van der Waals surface area (Å²) in [7, 11) is 1.46. The van der Waals surface area contributed by atoms with Crippen molar-refractivity contribution >= 4 is 5.97 Å². The van der Waals surface area contributed by atoms with Crippen LogP contribution in [-0.2, 0) is 14.9 Å². The molecule has 0 spiro atoms. The number of benzene rings is 1. The molecule has 1 heterocycles. The maximum Gasteiger partial charge on any atom is 0.308 e. The van der Waals surface area contributed by atoms with Crippen molar-refractivity contribution in [3.63, 3.8) is 0 Å². The zero-order valence-corrected chi connectivity index (χ0v) is 17.0. The Kier molecular flexibility index (Phi) is 4.90. The van der Waals surface area contributed by atoms with E-state index in [0.717, 1.165) is 56.8 Å². The lowest BCUT2D eigenvalue weighted by molar-refractivity contribution is -0.146. The Morgan fingerprint density at radius 3 is 2.66 bits per heavy atom. The second-order valence-corrected chi connectivity index (χ2v) is 9.05. The molecule has 0 aliphatic heterocycles. The minimum atomic E-state index is -0.0911. The van der Waals surface area contributed by atoms with Crippen molar-refractivity contribution in [2.75, 3.05) is 13.7 Å². The number of hydrogen-bond acceptors (Lipinski definition) is 6. The van der Waals surface area contributed by atoms with Crippen molar-refractivity contribution in [1.82, 2.24) is 15.5 Å². The standard InChI is InChI=1S/C23H29N3O3/c1-28-21(27)17-9-7-16(8-10-17)20-25-22(26-29-20)23(11-12-23)14-24-19-13-18(19)15-5-3-2-4-6-15/h2-6,16-19,24H,7-14H2,1H3/t16?,17?,18-,19+/m0/s1. The van der Waals surface area contributed by atoms with E-state index in [2.05, 4.69) is 40.8 Å². The predicted molar refractivity (Wildman–Crippen MR) is 108 cm³/mol. The Morgan fingerprint density at radius 1 is 1.21 bits per heavy atom. The van der Waals surface area contributed by atoms with Crippen LogP contribution < -0.4 is 5.32 Å². The summed E-state index contributed by atoms with van der Waals surface area (Å²) in [4.78, 5) is 16.5. The van der Waals surface area contributed by atoms with Gasteiger partial charge in [-0.2, -0.15) is 4.98 Å². The summed E-state index contributed by atoms with van der Waals surface area (Å²) < 4.78 is 10.5. The van der Waals surface area contributed by atoms with Crippen LogP contribution in [0.25, 0.3) is 0 Å². The number of ether oxygens (including phenoxy) is 1. The third kappa shape index (κ3) is 3.82. The molecule has 2 aromatic rings. The number of nitrogens with zero attached hydrogens (tertiary/aromatic N) is 2. The van der Waals surface area contributed by atoms with Crippen molar-refractivity contribution in [1.29, 1.82) is 0 Å². The summed E-state index contributed by atoms with van der Waals surface area (Å²) in [6.45, 7) is 0.926. The zero-order chi connectivity index (χ0) is 19.8. The molecule has 5 rings (SSSR count). The molecule has 0 saturated heterocycles. The smallest absolute Gasteiger partial charge is 0.308 e. The second-order valence-electron chi connectivity index (χ2n) is 9.05. The molecule has 3 aliphatic carbocycles. The van der Waals surface area contributed by atoms with Gasteiger partial charge in [0.05, 0.1) is 13.0 Å². The van der Waals surface area contributed by atoms with Crippen LogP contribution in [0.4, 0.5) is 0 Å². The second kappa shape index (κ2) is 7.56. The molecular weight excluding hydrogens is 366 g/mol. The van der Waals surface area contributed by atoms with E-state index < -0.39 is 0 Å². The van der Waals surface area contributed by atoms with Crippen LogP contribution in [0.1, 0.15) is 74.1 Å². The van der Waals surface area contributed by atoms with Gasteiger partial charge in [0.2, 0.25) is 5.89 Å². The molecule has 3 saturated carbocycles. The number of nitrogens with one attached hydrogen (secondary N) is 1. The van der Waals surface area contributed by atoms with Crippen LogP contribution in [0, 0.1) is 5.92 Å². The molecule has 0 radical (unpaired) electrons. The molecule has 1 aromatic heterocycles. The molecule has 1 aromatic carbocycles. The van der Waals surface area contributed by atoms with Crippen molar-refractivity contribution in [2.24, 2.45) is 5.92 Å². The number of aromatic nitrogens is 2. The summed E-state index contributed by atoms with van der Waals surface area (Å²) in [6.07, 6.45) is 6.95. The van der Waals surface area contributed by atoms with Crippen molar-refractivity contribution in [2.45, 2.75) is 68.2 Å². The minimum absolute atomic E-state index is 0.0220. The zero-order valence-electron chi connectivity index (χ0n) is 17.0. The minimum Gasteiger partial charge on any atom is -0.469 e. The van der Waals surface area contributed by atoms with Gasteiger partial charge < -0.3 is 14.6 Å². The molecule has 1 N–H and O–H groups in total. The summed E-state index contributed by atoms with van der Waals surface area (Å²) in [6, 6.07) is 11.3. The van der Waals surface area contributed by atoms with Crippen LogP contribution in [0.2, 0.25) is 0 Å². The van der Waals surface area contributed by atoms with Crippen LogP contribution in [-0.4, -0.2) is 35.8 Å². The highest BCUT2D eigenvalue weighted by Crippen LogP contribution is 2.48. The number of esters is 1. The van der Waals surface area contributed by atoms with E-state index in [-0.39, 0.29) is 23.2 Å². The summed E-state index contributed by atoms with van der Waals surface area (Å²) in [5, 5.41) is 8.10. The molecule has 0 amide bonds. The Bertz CT molecular complexity index is 853. The first-order valence-corrected chi connectivity index (χ1v) is 10.9. The van der Waals surface area contributed by atoms with Crippen molar-refractivity contribution in [3.05, 3.63) is 47.6 Å². The Labute approximate surface area is 171 Å². The van der Waals surface area contributed by atoms with E-state index in [0.29, 0.717) is 12.0 Å². The summed E-state index contributed by atoms with van der Waals surface area (Å²) >= 11 is 0. The number of hydrogen-bond donors (Lipinski definition) is 1. The first-order chi connectivity index (χ1) is 14.2. The van der Waals surface area contributed by atoms with Gasteiger partial charge in [-0.1, -0.05) is 35.5 Å². The fourth-order valence-corrected chi connectivity index (χ4v) is 4.81. The van der Waals surface area contributed by atoms with Crippen LogP contribution in [0.3, 0.4) is 0 Å². The van der Waals surface area contributed by atoms with Gasteiger partial charge in [-0.05, 0) is 50.5 Å². The van der Waals surface area contributed by atoms with Crippen LogP contribution in [0.5, 0.6) is 0 Å². The van der Waals surface area contributed by atoms with Gasteiger partial charge in [0.25, 0.3) is 0 Å². The van der Waals surface area contributed by atoms with E-state index >= 15 is 0 Å². The quantitative estimate of drug-likeness (QED) is 0.721. The Morgan fingerprint density at radius 2 is 1.97 bits per heavy atom. The first-order valence-electron chi connectivity index (χ1n) is 10.9. The molecule has 3 aliphatic rings. The molecule has 6 heteroatoms. The lowest BCUT2D eigenvalue weighted by atomic mass is 9.82. The van der Waals surface area contributed by atoms with Gasteiger partial charge in [-0.3, -0.25) is 4.79 Å². The Balaban J connectivity index is 1.15. The van der Waals surface area contributed by atoms with Crippen molar-refractivity contribution in [3.8, 4) is 0 Å². The topological polar surface area (TPSA) is 77.2 Å². The first kappa shape index (κ1) is 18.8. The van der Waals surface area contributed by atoms with E-state index in [9.17, 15) is 4.79 Å². The average Bonchev–Trinajstić information content (AvgIpc) is 3.69. The molecule has 0 unspecified atom stereocenters. The largest absolute Gasteiger partial charge is 0.469 e. The number of carbonyl (C=O) groups is 1. The fourth-order valence-electron chi connectivity index (χ4n) is 4.81. The lowest BCUT2D eigenvalue weighted by Crippen LogP contribution is -2.30. The highest BCUT2D eigenvalue weighted by atomic mass is 16.5. The summed E-state index contributed by atoms with van der Waals surface area (Å²) in [5.41, 5.74) is 1.48. The van der Waals surface area contributed by atoms with Gasteiger partial charge in [0.15, 0.2) is 5.82 Å². The number of methoxy groups -OCH3 is 1. The molecule has 154 valence electrons. The average molecular weight is 396 g/mol. The van der Waals surface area contributed by atoms with Gasteiger partial charge in [0.1, 0.15) is 0 Å². The maximum atomic E-state index is 11.7. The van der Waals surface area contributed by atoms with Gasteiger partial charge in [0, 0.05) is 29.8 Å². The molecule has 2 atom stereocenters. The van der Waals surface area contributed by atoms with Gasteiger partial charge in [-0.25, -0.2) is 0 Å². The monoisotopic (exact) mass is 395 g/mol. The third-order valence-electron chi connectivity index (χ3n) is 7.10. The normalized spacial score (nSPS) is 30.0. The van der Waals surface area contributed by atoms with Gasteiger partial charge >= 0.3 is 5.97 Å². The van der Waals surface area contributed by atoms with Crippen LogP contribution in [0.15, 0.2) is 34.9 Å². The fraction of sp³-hybridized carbons (Fsp3) is 0.609. The van der Waals surface area contributed by atoms with E-state index in [1.165, 1.54) is 19.1 Å². The Hall–Kier alpha value is -2.21.